The molecule has 2 aromatic heterocycles. The molecule has 5 heterocycles. The topological polar surface area (TPSA) is 99.3 Å². The van der Waals surface area contributed by atoms with Gasteiger partial charge in [0.15, 0.2) is 0 Å². The Kier molecular flexibility index (Phi) is 4.87. The predicted molar refractivity (Wildman–Crippen MR) is 117 cm³/mol. The third-order valence-corrected chi connectivity index (χ3v) is 6.65. The number of halogens is 1. The van der Waals surface area contributed by atoms with Gasteiger partial charge in [-0.15, -0.1) is 0 Å². The summed E-state index contributed by atoms with van der Waals surface area (Å²) in [6.45, 7) is 1.72. The van der Waals surface area contributed by atoms with Crippen molar-refractivity contribution in [3.63, 3.8) is 0 Å². The minimum atomic E-state index is -0.765. The highest BCUT2D eigenvalue weighted by Gasteiger charge is 2.38. The van der Waals surface area contributed by atoms with Crippen LogP contribution < -0.4 is 15.4 Å². The first kappa shape index (κ1) is 19.8. The minimum Gasteiger partial charge on any atom is -0.488 e. The minimum absolute atomic E-state index is 0.123. The van der Waals surface area contributed by atoms with Gasteiger partial charge in [0, 0.05) is 55.3 Å². The van der Waals surface area contributed by atoms with E-state index in [-0.39, 0.29) is 12.1 Å². The fourth-order valence-corrected chi connectivity index (χ4v) is 4.89. The van der Waals surface area contributed by atoms with Crippen LogP contribution >= 0.6 is 0 Å². The van der Waals surface area contributed by atoms with Crippen LogP contribution in [0.2, 0.25) is 0 Å². The average Bonchev–Trinajstić information content (AvgIpc) is 2.80. The van der Waals surface area contributed by atoms with Crippen LogP contribution in [-0.2, 0) is 4.74 Å². The third-order valence-electron chi connectivity index (χ3n) is 6.65. The Hall–Kier alpha value is -2.91. The monoisotopic (exact) mass is 436 g/mol. The van der Waals surface area contributed by atoms with E-state index < -0.39 is 6.08 Å². The van der Waals surface area contributed by atoms with E-state index in [1.165, 1.54) is 12.4 Å². The van der Waals surface area contributed by atoms with Crippen LogP contribution in [0.5, 0.6) is 5.75 Å². The lowest BCUT2D eigenvalue weighted by Gasteiger charge is -2.48. The van der Waals surface area contributed by atoms with Crippen molar-refractivity contribution >= 4 is 16.7 Å². The molecule has 2 bridgehead atoms. The molecule has 0 spiro atoms. The van der Waals surface area contributed by atoms with Gasteiger partial charge in [0.25, 0.3) is 0 Å². The van der Waals surface area contributed by atoms with Gasteiger partial charge >= 0.3 is 6.08 Å². The average molecular weight is 436 g/mol. The van der Waals surface area contributed by atoms with Crippen molar-refractivity contribution < 1.29 is 13.9 Å². The maximum atomic E-state index is 13.2. The molecule has 9 heteroatoms. The van der Waals surface area contributed by atoms with Crippen molar-refractivity contribution in [3.05, 3.63) is 36.8 Å². The predicted octanol–water partition coefficient (Wildman–Crippen LogP) is 2.85. The summed E-state index contributed by atoms with van der Waals surface area (Å²) in [4.78, 5) is 19.1. The number of benzene rings is 1. The Labute approximate surface area is 185 Å². The molecule has 2 unspecified atom stereocenters. The summed E-state index contributed by atoms with van der Waals surface area (Å²) in [6, 6.07) is 4.39. The molecule has 1 aromatic carbocycles. The molecular weight excluding hydrogens is 411 g/mol. The Bertz CT molecular complexity index is 1120. The summed E-state index contributed by atoms with van der Waals surface area (Å²) in [7, 11) is 0. The zero-order chi connectivity index (χ0) is 21.7. The van der Waals surface area contributed by atoms with E-state index >= 15 is 0 Å². The van der Waals surface area contributed by atoms with E-state index in [2.05, 4.69) is 25.9 Å². The second-order valence-corrected chi connectivity index (χ2v) is 8.98. The molecule has 3 aromatic rings. The number of morpholine rings is 1. The first-order valence-electron chi connectivity index (χ1n) is 11.2. The fraction of sp³-hybridized carbons (Fsp3) is 0.478. The quantitative estimate of drug-likeness (QED) is 0.624. The molecule has 8 nitrogen and oxygen atoms in total. The van der Waals surface area contributed by atoms with Crippen LogP contribution in [-0.4, -0.2) is 57.4 Å². The summed E-state index contributed by atoms with van der Waals surface area (Å²) < 4.78 is 25.4. The number of rotatable bonds is 4. The lowest BCUT2D eigenvalue weighted by atomic mass is 9.93. The van der Waals surface area contributed by atoms with Crippen molar-refractivity contribution in [2.45, 2.75) is 56.5 Å². The van der Waals surface area contributed by atoms with E-state index in [9.17, 15) is 4.39 Å². The molecule has 4 aliphatic rings. The molecule has 0 amide bonds. The molecule has 7 rings (SSSR count). The van der Waals surface area contributed by atoms with Crippen molar-refractivity contribution in [2.75, 3.05) is 18.0 Å². The maximum Gasteiger partial charge on any atom is 0.308 e. The van der Waals surface area contributed by atoms with Gasteiger partial charge in [-0.3, -0.25) is 0 Å². The van der Waals surface area contributed by atoms with Crippen LogP contribution in [0.25, 0.3) is 22.3 Å². The van der Waals surface area contributed by atoms with Gasteiger partial charge in [-0.1, -0.05) is 0 Å². The zero-order valence-corrected chi connectivity index (χ0v) is 17.7. The number of aromatic nitrogens is 4. The van der Waals surface area contributed by atoms with Gasteiger partial charge in [-0.05, 0) is 31.7 Å². The van der Waals surface area contributed by atoms with Gasteiger partial charge in [0.2, 0.25) is 0 Å². The standard InChI is InChI=1S/C23H25FN6O2/c24-23-27-8-13(9-28-23)20-10-26-22-19(29-20)5-15(30-11-17-7-18(12-30)31-17)6-21(22)32-16-3-1-14(25)2-4-16/h5-6,8-10,14,16-18H,1-4,7,11-12,25H2. The summed E-state index contributed by atoms with van der Waals surface area (Å²) in [6.07, 6.45) is 9.38. The Morgan fingerprint density at radius 1 is 1.00 bits per heavy atom. The number of nitrogens with zero attached hydrogens (tertiary/aromatic N) is 5. The Morgan fingerprint density at radius 3 is 2.44 bits per heavy atom. The first-order valence-corrected chi connectivity index (χ1v) is 11.2. The van der Waals surface area contributed by atoms with Gasteiger partial charge in [-0.25, -0.2) is 19.9 Å². The molecule has 0 radical (unpaired) electrons. The largest absolute Gasteiger partial charge is 0.488 e. The smallest absolute Gasteiger partial charge is 0.308 e. The summed E-state index contributed by atoms with van der Waals surface area (Å²) in [5, 5.41) is 0. The molecule has 3 saturated heterocycles. The molecule has 1 saturated carbocycles. The molecule has 166 valence electrons. The number of hydrogen-bond acceptors (Lipinski definition) is 8. The van der Waals surface area contributed by atoms with Crippen molar-refractivity contribution in [3.8, 4) is 17.0 Å². The molecule has 3 aliphatic heterocycles. The van der Waals surface area contributed by atoms with Crippen LogP contribution in [0, 0.1) is 6.08 Å². The van der Waals surface area contributed by atoms with Gasteiger partial charge in [0.05, 0.1) is 35.7 Å². The number of piperidine rings is 1. The highest BCUT2D eigenvalue weighted by Crippen LogP contribution is 2.37. The van der Waals surface area contributed by atoms with Gasteiger partial charge in [0.1, 0.15) is 11.3 Å². The molecule has 32 heavy (non-hydrogen) atoms. The summed E-state index contributed by atoms with van der Waals surface area (Å²) in [5.74, 6) is 0.743. The fourth-order valence-electron chi connectivity index (χ4n) is 4.89. The van der Waals surface area contributed by atoms with E-state index in [0.717, 1.165) is 62.1 Å². The van der Waals surface area contributed by atoms with E-state index in [4.69, 9.17) is 20.2 Å². The third kappa shape index (κ3) is 3.75. The van der Waals surface area contributed by atoms with Crippen LogP contribution in [0.15, 0.2) is 30.7 Å². The van der Waals surface area contributed by atoms with Crippen molar-refractivity contribution in [1.29, 1.82) is 0 Å². The number of nitrogens with two attached hydrogens (primary N) is 1. The normalized spacial score (nSPS) is 27.2. The zero-order valence-electron chi connectivity index (χ0n) is 17.7. The maximum absolute atomic E-state index is 13.2. The van der Waals surface area contributed by atoms with E-state index in [0.29, 0.717) is 29.0 Å². The Morgan fingerprint density at radius 2 is 1.72 bits per heavy atom. The molecular formula is C23H25FN6O2. The SMILES string of the molecule is NC1CCC(Oc2cc(N3CC4CC(C3)O4)cc3nc(-c4cnc(F)nc4)cnc23)CC1. The lowest BCUT2D eigenvalue weighted by Crippen LogP contribution is -2.57. The number of fused-ring (bicyclic) bond motifs is 3. The van der Waals surface area contributed by atoms with E-state index in [1.54, 1.807) is 6.20 Å². The second-order valence-electron chi connectivity index (χ2n) is 8.98. The highest BCUT2D eigenvalue weighted by atomic mass is 19.1. The number of anilines is 1. The molecule has 1 aliphatic carbocycles. The van der Waals surface area contributed by atoms with Crippen LogP contribution in [0.4, 0.5) is 10.1 Å². The van der Waals surface area contributed by atoms with Crippen LogP contribution in [0.3, 0.4) is 0 Å². The van der Waals surface area contributed by atoms with Gasteiger partial charge in [-0.2, -0.15) is 4.39 Å². The molecule has 2 atom stereocenters. The first-order chi connectivity index (χ1) is 15.6. The number of hydrogen-bond donors (Lipinski definition) is 1. The van der Waals surface area contributed by atoms with Gasteiger partial charge < -0.3 is 20.1 Å². The summed E-state index contributed by atoms with van der Waals surface area (Å²) >= 11 is 0. The summed E-state index contributed by atoms with van der Waals surface area (Å²) in [5.41, 5.74) is 9.78. The van der Waals surface area contributed by atoms with Crippen molar-refractivity contribution in [1.82, 2.24) is 19.9 Å². The van der Waals surface area contributed by atoms with E-state index in [1.807, 2.05) is 6.07 Å². The Balaban J connectivity index is 1.38. The van der Waals surface area contributed by atoms with Crippen LogP contribution in [0.1, 0.15) is 32.1 Å². The highest BCUT2D eigenvalue weighted by molar-refractivity contribution is 5.87. The molecule has 4 fully saturated rings. The lowest BCUT2D eigenvalue weighted by molar-refractivity contribution is -0.133. The number of ether oxygens (including phenoxy) is 2. The molecule has 2 N–H and O–H groups in total. The second kappa shape index (κ2) is 7.90. The van der Waals surface area contributed by atoms with Crippen molar-refractivity contribution in [2.24, 2.45) is 5.73 Å².